The van der Waals surface area contributed by atoms with Gasteiger partial charge in [0.05, 0.1) is 13.2 Å². The summed E-state index contributed by atoms with van der Waals surface area (Å²) in [6.07, 6.45) is 2.41. The summed E-state index contributed by atoms with van der Waals surface area (Å²) in [6.45, 7) is 9.87. The van der Waals surface area contributed by atoms with Gasteiger partial charge < -0.3 is 15.0 Å². The Kier molecular flexibility index (Phi) is 5.27. The van der Waals surface area contributed by atoms with Crippen molar-refractivity contribution in [3.8, 4) is 0 Å². The molecular formula is C18H26BrN3O. The van der Waals surface area contributed by atoms with Crippen LogP contribution in [0.25, 0.3) is 0 Å². The maximum Gasteiger partial charge on any atom is 0.194 e. The monoisotopic (exact) mass is 379 g/mol. The maximum atomic E-state index is 5.64. The number of rotatable bonds is 3. The topological polar surface area (TPSA) is 36.9 Å². The number of hydrogen-bond acceptors (Lipinski definition) is 2. The van der Waals surface area contributed by atoms with Gasteiger partial charge in [-0.05, 0) is 49.9 Å². The van der Waals surface area contributed by atoms with Gasteiger partial charge in [-0.25, -0.2) is 4.99 Å². The number of aliphatic imine (C=N–C) groups is 1. The highest BCUT2D eigenvalue weighted by atomic mass is 79.9. The molecule has 0 bridgehead atoms. The Morgan fingerprint density at radius 3 is 3.00 bits per heavy atom. The summed E-state index contributed by atoms with van der Waals surface area (Å²) in [5.41, 5.74) is 2.92. The van der Waals surface area contributed by atoms with Crippen LogP contribution in [0, 0.1) is 12.3 Å². The first kappa shape index (κ1) is 16.8. The van der Waals surface area contributed by atoms with Crippen LogP contribution in [0.15, 0.2) is 27.7 Å². The van der Waals surface area contributed by atoms with Crippen molar-refractivity contribution in [2.75, 3.05) is 32.8 Å². The highest BCUT2D eigenvalue weighted by molar-refractivity contribution is 9.10. The number of likely N-dealkylation sites (tertiary alicyclic amines) is 1. The normalized spacial score (nSPS) is 24.7. The van der Waals surface area contributed by atoms with Gasteiger partial charge >= 0.3 is 0 Å². The third-order valence-corrected chi connectivity index (χ3v) is 5.45. The molecule has 0 aliphatic carbocycles. The van der Waals surface area contributed by atoms with E-state index in [1.165, 1.54) is 24.0 Å². The van der Waals surface area contributed by atoms with Gasteiger partial charge in [-0.2, -0.15) is 0 Å². The summed E-state index contributed by atoms with van der Waals surface area (Å²) < 4.78 is 6.76. The molecule has 23 heavy (non-hydrogen) atoms. The van der Waals surface area contributed by atoms with E-state index in [4.69, 9.17) is 9.73 Å². The smallest absolute Gasteiger partial charge is 0.194 e. The number of guanidine groups is 1. The first-order chi connectivity index (χ1) is 11.1. The molecule has 0 aromatic heterocycles. The molecule has 0 amide bonds. The maximum absolute atomic E-state index is 5.64. The largest absolute Gasteiger partial charge is 0.381 e. The molecule has 4 nitrogen and oxygen atoms in total. The Balaban J connectivity index is 1.71. The molecule has 0 saturated carbocycles. The van der Waals surface area contributed by atoms with E-state index < -0.39 is 0 Å². The Bertz CT molecular complexity index is 582. The predicted molar refractivity (Wildman–Crippen MR) is 97.8 cm³/mol. The standard InChI is InChI=1S/C18H26BrN3O/c1-3-20-17(21-11-15-4-5-16(19)10-14(15)2)22-8-6-18(12-22)7-9-23-13-18/h4-5,10H,3,6-9,11-13H2,1-2H3,(H,20,21). The minimum absolute atomic E-state index is 0.365. The molecular weight excluding hydrogens is 354 g/mol. The molecule has 3 rings (SSSR count). The van der Waals surface area contributed by atoms with Gasteiger partial charge in [0.15, 0.2) is 5.96 Å². The molecule has 0 radical (unpaired) electrons. The van der Waals surface area contributed by atoms with Crippen LogP contribution in [0.2, 0.25) is 0 Å². The van der Waals surface area contributed by atoms with E-state index in [1.54, 1.807) is 0 Å². The molecule has 126 valence electrons. The number of benzene rings is 1. The molecule has 2 fully saturated rings. The highest BCUT2D eigenvalue weighted by Crippen LogP contribution is 2.38. The lowest BCUT2D eigenvalue weighted by Gasteiger charge is -2.25. The highest BCUT2D eigenvalue weighted by Gasteiger charge is 2.42. The summed E-state index contributed by atoms with van der Waals surface area (Å²) in [6, 6.07) is 6.40. The van der Waals surface area contributed by atoms with Gasteiger partial charge in [0, 0.05) is 36.1 Å². The van der Waals surface area contributed by atoms with Crippen LogP contribution in [0.3, 0.4) is 0 Å². The zero-order valence-electron chi connectivity index (χ0n) is 14.1. The summed E-state index contributed by atoms with van der Waals surface area (Å²) in [5.74, 6) is 1.04. The van der Waals surface area contributed by atoms with Crippen LogP contribution in [0.5, 0.6) is 0 Å². The van der Waals surface area contributed by atoms with Crippen molar-refractivity contribution >= 4 is 21.9 Å². The van der Waals surface area contributed by atoms with Crippen molar-refractivity contribution < 1.29 is 4.74 Å². The molecule has 2 aliphatic rings. The summed E-state index contributed by atoms with van der Waals surface area (Å²) in [5, 5.41) is 3.46. The van der Waals surface area contributed by atoms with E-state index in [0.717, 1.165) is 49.8 Å². The first-order valence-electron chi connectivity index (χ1n) is 8.48. The second kappa shape index (κ2) is 7.22. The minimum Gasteiger partial charge on any atom is -0.381 e. The summed E-state index contributed by atoms with van der Waals surface area (Å²) in [7, 11) is 0. The van der Waals surface area contributed by atoms with Crippen LogP contribution in [-0.2, 0) is 11.3 Å². The predicted octanol–water partition coefficient (Wildman–Crippen LogP) is 3.34. The number of hydrogen-bond donors (Lipinski definition) is 1. The average molecular weight is 380 g/mol. The minimum atomic E-state index is 0.365. The summed E-state index contributed by atoms with van der Waals surface area (Å²) >= 11 is 3.52. The van der Waals surface area contributed by atoms with Crippen molar-refractivity contribution in [1.29, 1.82) is 0 Å². The van der Waals surface area contributed by atoms with Crippen molar-refractivity contribution in [1.82, 2.24) is 10.2 Å². The van der Waals surface area contributed by atoms with Gasteiger partial charge in [0.25, 0.3) is 0 Å². The lowest BCUT2D eigenvalue weighted by Crippen LogP contribution is -2.41. The molecule has 2 aliphatic heterocycles. The van der Waals surface area contributed by atoms with Crippen molar-refractivity contribution in [3.63, 3.8) is 0 Å². The van der Waals surface area contributed by atoms with Gasteiger partial charge in [-0.1, -0.05) is 22.0 Å². The Labute approximate surface area is 147 Å². The van der Waals surface area contributed by atoms with Crippen LogP contribution < -0.4 is 5.32 Å². The second-order valence-corrected chi connectivity index (χ2v) is 7.63. The fraction of sp³-hybridized carbons (Fsp3) is 0.611. The Hall–Kier alpha value is -1.07. The van der Waals surface area contributed by atoms with Crippen LogP contribution in [0.1, 0.15) is 30.9 Å². The van der Waals surface area contributed by atoms with E-state index in [2.05, 4.69) is 58.2 Å². The van der Waals surface area contributed by atoms with Gasteiger partial charge in [0.1, 0.15) is 0 Å². The van der Waals surface area contributed by atoms with E-state index in [9.17, 15) is 0 Å². The third kappa shape index (κ3) is 3.89. The molecule has 2 heterocycles. The van der Waals surface area contributed by atoms with E-state index in [-0.39, 0.29) is 0 Å². The fourth-order valence-electron chi connectivity index (χ4n) is 3.51. The molecule has 1 atom stereocenters. The van der Waals surface area contributed by atoms with Crippen molar-refractivity contribution in [3.05, 3.63) is 33.8 Å². The second-order valence-electron chi connectivity index (χ2n) is 6.72. The van der Waals surface area contributed by atoms with Gasteiger partial charge in [-0.15, -0.1) is 0 Å². The number of nitrogens with zero attached hydrogens (tertiary/aromatic N) is 2. The third-order valence-electron chi connectivity index (χ3n) is 4.96. The first-order valence-corrected chi connectivity index (χ1v) is 9.27. The van der Waals surface area contributed by atoms with Crippen LogP contribution in [-0.4, -0.2) is 43.7 Å². The zero-order valence-corrected chi connectivity index (χ0v) is 15.7. The fourth-order valence-corrected chi connectivity index (χ4v) is 3.99. The number of ether oxygens (including phenoxy) is 1. The Morgan fingerprint density at radius 2 is 2.30 bits per heavy atom. The van der Waals surface area contributed by atoms with Gasteiger partial charge in [0.2, 0.25) is 0 Å². The average Bonchev–Trinajstić information content (AvgIpc) is 3.16. The zero-order chi connectivity index (χ0) is 16.3. The lowest BCUT2D eigenvalue weighted by molar-refractivity contribution is 0.156. The molecule has 1 aromatic carbocycles. The van der Waals surface area contributed by atoms with Gasteiger partial charge in [-0.3, -0.25) is 0 Å². The van der Waals surface area contributed by atoms with E-state index in [0.29, 0.717) is 5.41 Å². The molecule has 1 aromatic rings. The number of aryl methyl sites for hydroxylation is 1. The molecule has 1 N–H and O–H groups in total. The lowest BCUT2D eigenvalue weighted by atomic mass is 9.87. The summed E-state index contributed by atoms with van der Waals surface area (Å²) in [4.78, 5) is 7.30. The molecule has 5 heteroatoms. The SMILES string of the molecule is CCNC(=NCc1ccc(Br)cc1C)N1CCC2(CCOC2)C1. The van der Waals surface area contributed by atoms with E-state index in [1.807, 2.05) is 0 Å². The molecule has 1 spiro atoms. The van der Waals surface area contributed by atoms with E-state index >= 15 is 0 Å². The van der Waals surface area contributed by atoms with Crippen LogP contribution >= 0.6 is 15.9 Å². The molecule has 2 saturated heterocycles. The Morgan fingerprint density at radius 1 is 1.43 bits per heavy atom. The van der Waals surface area contributed by atoms with Crippen LogP contribution in [0.4, 0.5) is 0 Å². The van der Waals surface area contributed by atoms with Crippen molar-refractivity contribution in [2.24, 2.45) is 10.4 Å². The van der Waals surface area contributed by atoms with Crippen molar-refractivity contribution in [2.45, 2.75) is 33.2 Å². The quantitative estimate of drug-likeness (QED) is 0.646. The number of nitrogens with one attached hydrogen (secondary N) is 1. The molecule has 1 unspecified atom stereocenters. The number of halogens is 1.